The van der Waals surface area contributed by atoms with Gasteiger partial charge >= 0.3 is 11.9 Å². The number of carboxylic acid groups (broad SMARTS) is 2. The van der Waals surface area contributed by atoms with Gasteiger partial charge in [-0.1, -0.05) is 13.8 Å². The largest absolute Gasteiger partial charge is 0.481 e. The molecular formula is C10H18O5. The second-order valence-corrected chi connectivity index (χ2v) is 3.70. The summed E-state index contributed by atoms with van der Waals surface area (Å²) in [7, 11) is 0. The van der Waals surface area contributed by atoms with E-state index < -0.39 is 23.5 Å². The molecular weight excluding hydrogens is 200 g/mol. The number of carbonyl (C=O) groups is 2. The highest BCUT2D eigenvalue weighted by Gasteiger charge is 2.30. The van der Waals surface area contributed by atoms with E-state index in [0.29, 0.717) is 0 Å². The van der Waals surface area contributed by atoms with Gasteiger partial charge in [0.25, 0.3) is 0 Å². The Balaban J connectivity index is 4.33. The monoisotopic (exact) mass is 218 g/mol. The molecule has 2 N–H and O–H groups in total. The van der Waals surface area contributed by atoms with Crippen molar-refractivity contribution in [1.29, 1.82) is 0 Å². The standard InChI is InChI=1S/C10H18O5/c1-4-10(3,5-2)15-6-7(8(11)12)9(13)14/h7H,4-6H2,1-3H3,(H,11,12)(H,13,14). The fraction of sp³-hybridized carbons (Fsp3) is 0.800. The predicted molar refractivity (Wildman–Crippen MR) is 53.7 cm³/mol. The van der Waals surface area contributed by atoms with Crippen molar-refractivity contribution in [3.05, 3.63) is 0 Å². The Morgan fingerprint density at radius 1 is 1.20 bits per heavy atom. The van der Waals surface area contributed by atoms with Gasteiger partial charge in [-0.25, -0.2) is 0 Å². The number of ether oxygens (including phenoxy) is 1. The number of hydrogen-bond acceptors (Lipinski definition) is 3. The van der Waals surface area contributed by atoms with Crippen LogP contribution in [0.4, 0.5) is 0 Å². The van der Waals surface area contributed by atoms with Crippen molar-refractivity contribution in [3.8, 4) is 0 Å². The summed E-state index contributed by atoms with van der Waals surface area (Å²) in [5.74, 6) is -4.21. The predicted octanol–water partition coefficient (Wildman–Crippen LogP) is 1.37. The van der Waals surface area contributed by atoms with Gasteiger partial charge in [0.2, 0.25) is 0 Å². The van der Waals surface area contributed by atoms with Gasteiger partial charge in [-0.2, -0.15) is 0 Å². The smallest absolute Gasteiger partial charge is 0.320 e. The third kappa shape index (κ3) is 4.29. The van der Waals surface area contributed by atoms with Crippen LogP contribution in [-0.2, 0) is 14.3 Å². The van der Waals surface area contributed by atoms with Crippen molar-refractivity contribution in [2.75, 3.05) is 6.61 Å². The Morgan fingerprint density at radius 3 is 1.87 bits per heavy atom. The van der Waals surface area contributed by atoms with Crippen molar-refractivity contribution in [3.63, 3.8) is 0 Å². The summed E-state index contributed by atoms with van der Waals surface area (Å²) in [6, 6.07) is 0. The Morgan fingerprint density at radius 2 is 1.60 bits per heavy atom. The Labute approximate surface area is 89.0 Å². The molecule has 0 amide bonds. The van der Waals surface area contributed by atoms with E-state index in [-0.39, 0.29) is 6.61 Å². The average molecular weight is 218 g/mol. The van der Waals surface area contributed by atoms with Crippen LogP contribution in [0.1, 0.15) is 33.6 Å². The maximum absolute atomic E-state index is 10.6. The van der Waals surface area contributed by atoms with Crippen LogP contribution in [0.3, 0.4) is 0 Å². The van der Waals surface area contributed by atoms with E-state index in [9.17, 15) is 9.59 Å². The van der Waals surface area contributed by atoms with Crippen LogP contribution in [0.25, 0.3) is 0 Å². The molecule has 88 valence electrons. The lowest BCUT2D eigenvalue weighted by Gasteiger charge is -2.28. The number of hydrogen-bond donors (Lipinski definition) is 2. The molecule has 0 aliphatic carbocycles. The summed E-state index contributed by atoms with van der Waals surface area (Å²) in [6.45, 7) is 5.39. The third-order valence-electron chi connectivity index (χ3n) is 2.69. The maximum atomic E-state index is 10.6. The van der Waals surface area contributed by atoms with Crippen LogP contribution in [0.5, 0.6) is 0 Å². The molecule has 0 saturated heterocycles. The van der Waals surface area contributed by atoms with Crippen LogP contribution in [0.2, 0.25) is 0 Å². The Kier molecular flexibility index (Phi) is 5.28. The lowest BCUT2D eigenvalue weighted by molar-refractivity contribution is -0.160. The molecule has 0 bridgehead atoms. The molecule has 0 rings (SSSR count). The van der Waals surface area contributed by atoms with Gasteiger partial charge in [-0.3, -0.25) is 9.59 Å². The van der Waals surface area contributed by atoms with Gasteiger partial charge in [0.15, 0.2) is 5.92 Å². The molecule has 0 aliphatic heterocycles. The fourth-order valence-electron chi connectivity index (χ4n) is 0.987. The molecule has 0 spiro atoms. The molecule has 0 atom stereocenters. The van der Waals surface area contributed by atoms with E-state index in [4.69, 9.17) is 14.9 Å². The highest BCUT2D eigenvalue weighted by atomic mass is 16.5. The summed E-state index contributed by atoms with van der Waals surface area (Å²) in [5, 5.41) is 17.3. The summed E-state index contributed by atoms with van der Waals surface area (Å²) < 4.78 is 5.35. The first-order valence-corrected chi connectivity index (χ1v) is 4.96. The average Bonchev–Trinajstić information content (AvgIpc) is 2.16. The molecule has 0 aromatic carbocycles. The first-order valence-electron chi connectivity index (χ1n) is 4.96. The second-order valence-electron chi connectivity index (χ2n) is 3.70. The minimum absolute atomic E-state index is 0.289. The molecule has 0 unspecified atom stereocenters. The highest BCUT2D eigenvalue weighted by Crippen LogP contribution is 2.20. The molecule has 0 saturated carbocycles. The maximum Gasteiger partial charge on any atom is 0.320 e. The van der Waals surface area contributed by atoms with E-state index >= 15 is 0 Å². The van der Waals surface area contributed by atoms with Gasteiger partial charge in [0, 0.05) is 0 Å². The van der Waals surface area contributed by atoms with Crippen molar-refractivity contribution in [1.82, 2.24) is 0 Å². The molecule has 15 heavy (non-hydrogen) atoms. The van der Waals surface area contributed by atoms with Crippen molar-refractivity contribution in [2.24, 2.45) is 5.92 Å². The normalized spacial score (nSPS) is 11.7. The minimum Gasteiger partial charge on any atom is -0.481 e. The summed E-state index contributed by atoms with van der Waals surface area (Å²) >= 11 is 0. The van der Waals surface area contributed by atoms with Gasteiger partial charge in [0.1, 0.15) is 0 Å². The van der Waals surface area contributed by atoms with E-state index in [1.165, 1.54) is 0 Å². The third-order valence-corrected chi connectivity index (χ3v) is 2.69. The zero-order valence-corrected chi connectivity index (χ0v) is 9.32. The molecule has 0 aromatic heterocycles. The number of aliphatic carboxylic acids is 2. The first-order chi connectivity index (χ1) is 6.86. The molecule has 0 aromatic rings. The van der Waals surface area contributed by atoms with Crippen LogP contribution in [-0.4, -0.2) is 34.4 Å². The van der Waals surface area contributed by atoms with E-state index in [1.807, 2.05) is 20.8 Å². The van der Waals surface area contributed by atoms with Crippen molar-refractivity contribution >= 4 is 11.9 Å². The molecule has 0 fully saturated rings. The zero-order valence-electron chi connectivity index (χ0n) is 9.32. The number of rotatable bonds is 7. The Bertz CT molecular complexity index is 218. The number of carboxylic acids is 2. The van der Waals surface area contributed by atoms with E-state index in [0.717, 1.165) is 12.8 Å². The zero-order chi connectivity index (χ0) is 12.1. The second kappa shape index (κ2) is 5.70. The molecule has 0 radical (unpaired) electrons. The summed E-state index contributed by atoms with van der Waals surface area (Å²) in [5.41, 5.74) is -0.441. The van der Waals surface area contributed by atoms with Crippen molar-refractivity contribution < 1.29 is 24.5 Å². The summed E-state index contributed by atoms with van der Waals surface area (Å²) in [4.78, 5) is 21.1. The molecule has 5 heteroatoms. The van der Waals surface area contributed by atoms with Gasteiger partial charge < -0.3 is 14.9 Å². The summed E-state index contributed by atoms with van der Waals surface area (Å²) in [6.07, 6.45) is 1.44. The lowest BCUT2D eigenvalue weighted by Crippen LogP contribution is -2.35. The highest BCUT2D eigenvalue weighted by molar-refractivity contribution is 5.92. The minimum atomic E-state index is -1.48. The molecule has 0 heterocycles. The first kappa shape index (κ1) is 13.9. The van der Waals surface area contributed by atoms with Crippen LogP contribution in [0, 0.1) is 5.92 Å². The van der Waals surface area contributed by atoms with Gasteiger partial charge in [-0.05, 0) is 19.8 Å². The van der Waals surface area contributed by atoms with Gasteiger partial charge in [0.05, 0.1) is 12.2 Å². The quantitative estimate of drug-likeness (QED) is 0.630. The fourth-order valence-corrected chi connectivity index (χ4v) is 0.987. The van der Waals surface area contributed by atoms with Crippen LogP contribution < -0.4 is 0 Å². The van der Waals surface area contributed by atoms with E-state index in [1.54, 1.807) is 0 Å². The SMILES string of the molecule is CCC(C)(CC)OCC(C(=O)O)C(=O)O. The van der Waals surface area contributed by atoms with E-state index in [2.05, 4.69) is 0 Å². The molecule has 5 nitrogen and oxygen atoms in total. The molecule has 0 aliphatic rings. The Hall–Kier alpha value is -1.10. The van der Waals surface area contributed by atoms with Crippen molar-refractivity contribution in [2.45, 2.75) is 39.2 Å². The lowest BCUT2D eigenvalue weighted by atomic mass is 10.00. The topological polar surface area (TPSA) is 83.8 Å². The van der Waals surface area contributed by atoms with Crippen LogP contribution in [0.15, 0.2) is 0 Å². The van der Waals surface area contributed by atoms with Gasteiger partial charge in [-0.15, -0.1) is 0 Å². The van der Waals surface area contributed by atoms with Crippen LogP contribution >= 0.6 is 0 Å².